The van der Waals surface area contributed by atoms with Gasteiger partial charge in [0, 0.05) is 12.5 Å². The molecule has 7 unspecified atom stereocenters. The molecule has 7 atom stereocenters. The molecule has 0 spiro atoms. The second-order valence-corrected chi connectivity index (χ2v) is 17.5. The zero-order chi connectivity index (χ0) is 39.9. The number of ether oxygens (including phenoxy) is 2. The average molecular weight is 803 g/mol. The molecular formula is C37H56F3N5O9P+. The summed E-state index contributed by atoms with van der Waals surface area (Å²) in [5.74, 6) is -2.08. The molecule has 18 heteroatoms. The Morgan fingerprint density at radius 2 is 1.75 bits per heavy atom. The van der Waals surface area contributed by atoms with Crippen LogP contribution in [-0.4, -0.2) is 105 Å². The molecule has 0 radical (unpaired) electrons. The molecule has 4 amide bonds. The van der Waals surface area contributed by atoms with Gasteiger partial charge < -0.3 is 35.2 Å². The lowest BCUT2D eigenvalue weighted by Crippen LogP contribution is -2.89. The molecule has 2 saturated heterocycles. The molecule has 4 fully saturated rings. The summed E-state index contributed by atoms with van der Waals surface area (Å²) in [5, 5.41) is 3.76. The number of carbonyl (C=O) groups is 4. The Labute approximate surface area is 319 Å². The van der Waals surface area contributed by atoms with Gasteiger partial charge in [0.05, 0.1) is 23.8 Å². The van der Waals surface area contributed by atoms with Crippen LogP contribution in [0.1, 0.15) is 96.8 Å². The van der Waals surface area contributed by atoms with E-state index in [9.17, 15) is 46.7 Å². The molecule has 2 heterocycles. The highest BCUT2D eigenvalue weighted by atomic mass is 31.2. The monoisotopic (exact) mass is 802 g/mol. The molecule has 308 valence electrons. The van der Waals surface area contributed by atoms with E-state index in [-0.39, 0.29) is 37.1 Å². The van der Waals surface area contributed by atoms with Crippen LogP contribution in [0.3, 0.4) is 0 Å². The number of piperidine rings is 1. The normalized spacial score (nSPS) is 28.4. The van der Waals surface area contributed by atoms with Crippen molar-refractivity contribution in [2.75, 3.05) is 19.6 Å². The standard InChI is InChI=1S/C37H55F3N5O9P/c1-23-18-25(37(38,39)40)20-29(32(23)44-16-10-5-11-17-44)43-36(49)54-27-21-30(33(41)46)45(22-27)34(47)28(42-35(48)53-26-13-8-9-14-26)15-7-4-2-3-6-12-24-19-31(24)55(50,51)52/h6,12,18,20,23-24,26-28,30-32H,2-5,7-11,13-17,19,21-22H2,1H3,(H2,41,46)(H,42,48)(H,43,49)(H2,50,51,52)/p+1. The van der Waals surface area contributed by atoms with Crippen molar-refractivity contribution >= 4 is 31.6 Å². The second kappa shape index (κ2) is 18.8. The number of allylic oxidation sites excluding steroid dienone is 4. The van der Waals surface area contributed by atoms with E-state index in [1.54, 1.807) is 6.92 Å². The summed E-state index contributed by atoms with van der Waals surface area (Å²) in [6.07, 6.45) is 7.66. The first-order valence-electron chi connectivity index (χ1n) is 19.6. The van der Waals surface area contributed by atoms with Crippen molar-refractivity contribution in [3.63, 3.8) is 0 Å². The summed E-state index contributed by atoms with van der Waals surface area (Å²) < 4.78 is 64.1. The quantitative estimate of drug-likeness (QED) is 0.0910. The first-order chi connectivity index (χ1) is 26.0. The van der Waals surface area contributed by atoms with Gasteiger partial charge in [0.15, 0.2) is 0 Å². The van der Waals surface area contributed by atoms with Crippen LogP contribution in [0.25, 0.3) is 0 Å². The van der Waals surface area contributed by atoms with E-state index in [2.05, 4.69) is 10.2 Å². The summed E-state index contributed by atoms with van der Waals surface area (Å²) in [6.45, 7) is 2.87. The molecule has 5 rings (SSSR count). The van der Waals surface area contributed by atoms with Crippen molar-refractivity contribution in [2.24, 2.45) is 17.6 Å². The van der Waals surface area contributed by atoms with Crippen molar-refractivity contribution in [2.45, 2.75) is 139 Å². The number of alkyl halides is 3. The number of hydrogen-bond acceptors (Lipinski definition) is 8. The maximum absolute atomic E-state index is 14.0. The van der Waals surface area contributed by atoms with Crippen molar-refractivity contribution in [1.82, 2.24) is 15.1 Å². The molecular weight excluding hydrogens is 746 g/mol. The minimum Gasteiger partial charge on any atom is -0.446 e. The van der Waals surface area contributed by atoms with Gasteiger partial charge in [0.25, 0.3) is 0 Å². The zero-order valence-electron chi connectivity index (χ0n) is 31.3. The van der Waals surface area contributed by atoms with Crippen LogP contribution in [-0.2, 0) is 23.6 Å². The third-order valence-electron chi connectivity index (χ3n) is 11.3. The van der Waals surface area contributed by atoms with Gasteiger partial charge in [-0.2, -0.15) is 18.0 Å². The number of primary amides is 2. The Morgan fingerprint density at radius 1 is 1.04 bits per heavy atom. The number of likely N-dealkylation sites (tertiary alicyclic amines) is 2. The van der Waals surface area contributed by atoms with E-state index in [0.29, 0.717) is 38.8 Å². The number of halogens is 3. The van der Waals surface area contributed by atoms with E-state index < -0.39 is 79.2 Å². The minimum atomic E-state index is -4.60. The van der Waals surface area contributed by atoms with Gasteiger partial charge in [0.2, 0.25) is 11.8 Å². The third kappa shape index (κ3) is 12.1. The van der Waals surface area contributed by atoms with Gasteiger partial charge >= 0.3 is 26.0 Å². The highest BCUT2D eigenvalue weighted by Gasteiger charge is 2.48. The van der Waals surface area contributed by atoms with Crippen LogP contribution in [0.4, 0.5) is 22.8 Å². The molecule has 7 N–H and O–H groups in total. The Balaban J connectivity index is 1.20. The van der Waals surface area contributed by atoms with Crippen molar-refractivity contribution < 1.29 is 61.5 Å². The van der Waals surface area contributed by atoms with Crippen LogP contribution >= 0.6 is 7.60 Å². The number of alkyl carbamates (subject to hydrolysis) is 1. The fourth-order valence-corrected chi connectivity index (χ4v) is 9.52. The lowest BCUT2D eigenvalue weighted by Gasteiger charge is -2.38. The number of nitrogens with zero attached hydrogens (tertiary/aromatic N) is 2. The van der Waals surface area contributed by atoms with Gasteiger partial charge in [0.1, 0.15) is 30.0 Å². The summed E-state index contributed by atoms with van der Waals surface area (Å²) in [6, 6.07) is -2.68. The SMILES string of the molecule is CC1C=C(C(F)(F)F)C=C([NH2+]C(=O)OC2CC(C(N)=O)N(C(=O)C(CCCCCC=CC3CC3P(=O)(O)O)NC(=O)OC3CCCC3)C2)C1N1CCCCC1. The van der Waals surface area contributed by atoms with E-state index >= 15 is 0 Å². The van der Waals surface area contributed by atoms with Crippen LogP contribution < -0.4 is 16.4 Å². The molecule has 2 saturated carbocycles. The van der Waals surface area contributed by atoms with Crippen molar-refractivity contribution in [1.29, 1.82) is 0 Å². The van der Waals surface area contributed by atoms with Crippen LogP contribution in [0, 0.1) is 11.8 Å². The number of carbonyl (C=O) groups excluding carboxylic acids is 4. The average Bonchev–Trinajstić information content (AvgIpc) is 3.50. The fourth-order valence-electron chi connectivity index (χ4n) is 8.41. The molecule has 0 aromatic carbocycles. The van der Waals surface area contributed by atoms with E-state index in [4.69, 9.17) is 15.2 Å². The second-order valence-electron chi connectivity index (χ2n) is 15.6. The number of quaternary nitrogens is 1. The Hall–Kier alpha value is -3.24. The number of nitrogens with one attached hydrogen (secondary N) is 1. The Bertz CT molecular complexity index is 1540. The maximum atomic E-state index is 14.0. The summed E-state index contributed by atoms with van der Waals surface area (Å²) >= 11 is 0. The van der Waals surface area contributed by atoms with Gasteiger partial charge in [-0.25, -0.2) is 10.1 Å². The molecule has 5 aliphatic rings. The molecule has 14 nitrogen and oxygen atoms in total. The zero-order valence-corrected chi connectivity index (χ0v) is 32.2. The summed E-state index contributed by atoms with van der Waals surface area (Å²) in [5.41, 5.74) is 4.44. The van der Waals surface area contributed by atoms with Gasteiger partial charge in [-0.1, -0.05) is 44.4 Å². The van der Waals surface area contributed by atoms with E-state index in [0.717, 1.165) is 62.8 Å². The maximum Gasteiger partial charge on any atom is 0.517 e. The van der Waals surface area contributed by atoms with Crippen LogP contribution in [0.5, 0.6) is 0 Å². The molecule has 2 aliphatic heterocycles. The molecule has 0 aromatic heterocycles. The number of unbranched alkanes of at least 4 members (excludes halogenated alkanes) is 3. The van der Waals surface area contributed by atoms with Gasteiger partial charge in [-0.3, -0.25) is 19.1 Å². The summed E-state index contributed by atoms with van der Waals surface area (Å²) in [4.78, 5) is 74.7. The predicted molar refractivity (Wildman–Crippen MR) is 194 cm³/mol. The molecule has 55 heavy (non-hydrogen) atoms. The highest BCUT2D eigenvalue weighted by molar-refractivity contribution is 7.53. The number of nitrogens with two attached hydrogens (primary N) is 2. The van der Waals surface area contributed by atoms with Crippen LogP contribution in [0.15, 0.2) is 35.6 Å². The highest BCUT2D eigenvalue weighted by Crippen LogP contribution is 2.58. The fraction of sp³-hybridized carbons (Fsp3) is 0.730. The third-order valence-corrected chi connectivity index (χ3v) is 12.8. The largest absolute Gasteiger partial charge is 0.517 e. The number of hydrogen-bond donors (Lipinski definition) is 5. The van der Waals surface area contributed by atoms with Gasteiger partial charge in [-0.05, 0) is 89.1 Å². The molecule has 3 aliphatic carbocycles. The summed E-state index contributed by atoms with van der Waals surface area (Å²) in [7, 11) is -4.07. The van der Waals surface area contributed by atoms with Crippen molar-refractivity contribution in [3.8, 4) is 0 Å². The van der Waals surface area contributed by atoms with Crippen LogP contribution in [0.2, 0.25) is 0 Å². The number of amides is 4. The molecule has 0 bridgehead atoms. The van der Waals surface area contributed by atoms with E-state index in [1.807, 2.05) is 12.2 Å². The first-order valence-corrected chi connectivity index (χ1v) is 21.3. The molecule has 0 aromatic rings. The van der Waals surface area contributed by atoms with Gasteiger partial charge in [-0.15, -0.1) is 0 Å². The lowest BCUT2D eigenvalue weighted by atomic mass is 9.87. The predicted octanol–water partition coefficient (Wildman–Crippen LogP) is 4.13. The van der Waals surface area contributed by atoms with E-state index in [1.165, 1.54) is 11.0 Å². The Morgan fingerprint density at radius 3 is 2.38 bits per heavy atom. The lowest BCUT2D eigenvalue weighted by molar-refractivity contribution is -0.528. The van der Waals surface area contributed by atoms with Crippen molar-refractivity contribution in [3.05, 3.63) is 35.6 Å². The minimum absolute atomic E-state index is 0.116. The number of rotatable bonds is 15. The first kappa shape index (κ1) is 42.9. The Kier molecular flexibility index (Phi) is 14.7. The topological polar surface area (TPSA) is 205 Å². The smallest absolute Gasteiger partial charge is 0.446 e.